The van der Waals surface area contributed by atoms with E-state index in [1.807, 2.05) is 0 Å². The zero-order valence-electron chi connectivity index (χ0n) is 8.77. The van der Waals surface area contributed by atoms with Crippen LogP contribution in [-0.4, -0.2) is 13.1 Å². The summed E-state index contributed by atoms with van der Waals surface area (Å²) in [6.07, 6.45) is 4.29. The van der Waals surface area contributed by atoms with Crippen LogP contribution >= 0.6 is 0 Å². The maximum atomic E-state index is 2.27. The minimum Gasteiger partial charge on any atom is -0.345 e. The molecule has 0 fully saturated rings. The summed E-state index contributed by atoms with van der Waals surface area (Å²) in [4.78, 5) is 4.53. The van der Waals surface area contributed by atoms with Gasteiger partial charge in [0, 0.05) is 25.5 Å². The first kappa shape index (κ1) is 9.13. The molecule has 0 unspecified atom stereocenters. The van der Waals surface area contributed by atoms with Crippen LogP contribution in [0, 0.1) is 0 Å². The summed E-state index contributed by atoms with van der Waals surface area (Å²) in [5.41, 5.74) is 2.61. The van der Waals surface area contributed by atoms with Gasteiger partial charge in [0.2, 0.25) is 0 Å². The molecule has 0 aromatic heterocycles. The van der Waals surface area contributed by atoms with E-state index in [4.69, 9.17) is 0 Å². The number of hydrogen-bond donors (Lipinski definition) is 0. The molecule has 0 atom stereocenters. The molecule has 2 heteroatoms. The van der Waals surface area contributed by atoms with Crippen LogP contribution < -0.4 is 9.80 Å². The third kappa shape index (κ3) is 1.37. The first-order chi connectivity index (χ1) is 6.86. The van der Waals surface area contributed by atoms with E-state index in [0.717, 1.165) is 13.1 Å². The van der Waals surface area contributed by atoms with Crippen molar-refractivity contribution in [1.82, 2.24) is 0 Å². The lowest BCUT2D eigenvalue weighted by molar-refractivity contribution is 0.935. The summed E-state index contributed by atoms with van der Waals surface area (Å²) in [6, 6.07) is 8.53. The lowest BCUT2D eigenvalue weighted by Crippen LogP contribution is -2.27. The molecular formula is C12H16N2. The molecule has 1 aliphatic rings. The topological polar surface area (TPSA) is 6.48 Å². The van der Waals surface area contributed by atoms with Gasteiger partial charge >= 0.3 is 0 Å². The molecule has 1 heterocycles. The second-order valence-electron chi connectivity index (χ2n) is 3.36. The standard InChI is InChI=1S/C12H16N2/c1-3-13-9-10-14(4-2)12-8-6-5-7-11(12)13/h5-10H,3-4H2,1-2H3. The minimum absolute atomic E-state index is 1.02. The average molecular weight is 188 g/mol. The smallest absolute Gasteiger partial charge is 0.0647 e. The lowest BCUT2D eigenvalue weighted by Gasteiger charge is -2.32. The Morgan fingerprint density at radius 1 is 0.857 bits per heavy atom. The summed E-state index contributed by atoms with van der Waals surface area (Å²) < 4.78 is 0. The van der Waals surface area contributed by atoms with E-state index >= 15 is 0 Å². The van der Waals surface area contributed by atoms with E-state index < -0.39 is 0 Å². The molecule has 0 N–H and O–H groups in total. The summed E-state index contributed by atoms with van der Waals surface area (Å²) in [6.45, 7) is 6.38. The van der Waals surface area contributed by atoms with E-state index in [2.05, 4.69) is 60.3 Å². The van der Waals surface area contributed by atoms with E-state index in [1.165, 1.54) is 11.4 Å². The first-order valence-electron chi connectivity index (χ1n) is 5.17. The Bertz CT molecular complexity index is 311. The van der Waals surface area contributed by atoms with Crippen LogP contribution in [0.5, 0.6) is 0 Å². The van der Waals surface area contributed by atoms with Crippen molar-refractivity contribution in [2.24, 2.45) is 0 Å². The molecule has 0 aliphatic carbocycles. The molecule has 74 valence electrons. The van der Waals surface area contributed by atoms with Crippen LogP contribution in [-0.2, 0) is 0 Å². The summed E-state index contributed by atoms with van der Waals surface area (Å²) >= 11 is 0. The third-order valence-corrected chi connectivity index (χ3v) is 2.61. The molecule has 0 saturated carbocycles. The van der Waals surface area contributed by atoms with E-state index in [-0.39, 0.29) is 0 Å². The molecule has 1 aromatic rings. The normalized spacial score (nSPS) is 14.4. The fourth-order valence-corrected chi connectivity index (χ4v) is 1.82. The van der Waals surface area contributed by atoms with E-state index in [1.54, 1.807) is 0 Å². The fourth-order valence-electron chi connectivity index (χ4n) is 1.82. The Hall–Kier alpha value is -1.44. The minimum atomic E-state index is 1.02. The molecule has 2 nitrogen and oxygen atoms in total. The number of anilines is 2. The van der Waals surface area contributed by atoms with Crippen molar-refractivity contribution in [1.29, 1.82) is 0 Å². The van der Waals surface area contributed by atoms with Crippen molar-refractivity contribution in [3.63, 3.8) is 0 Å². The van der Waals surface area contributed by atoms with Gasteiger partial charge in [0.25, 0.3) is 0 Å². The van der Waals surface area contributed by atoms with Crippen LogP contribution in [0.15, 0.2) is 36.7 Å². The van der Waals surface area contributed by atoms with Gasteiger partial charge in [-0.15, -0.1) is 0 Å². The molecule has 2 rings (SSSR count). The maximum Gasteiger partial charge on any atom is 0.0647 e. The molecular weight excluding hydrogens is 172 g/mol. The van der Waals surface area contributed by atoms with E-state index in [9.17, 15) is 0 Å². The predicted molar refractivity (Wildman–Crippen MR) is 61.6 cm³/mol. The Kier molecular flexibility index (Phi) is 2.44. The molecule has 1 aliphatic heterocycles. The fraction of sp³-hybridized carbons (Fsp3) is 0.333. The Balaban J connectivity index is 2.44. The number of rotatable bonds is 2. The highest BCUT2D eigenvalue weighted by Gasteiger charge is 2.14. The second-order valence-corrected chi connectivity index (χ2v) is 3.36. The van der Waals surface area contributed by atoms with Crippen molar-refractivity contribution in [2.75, 3.05) is 22.9 Å². The van der Waals surface area contributed by atoms with Crippen molar-refractivity contribution in [3.05, 3.63) is 36.7 Å². The summed E-state index contributed by atoms with van der Waals surface area (Å²) in [5.74, 6) is 0. The van der Waals surface area contributed by atoms with Crippen LogP contribution in [0.2, 0.25) is 0 Å². The number of fused-ring (bicyclic) bond motifs is 1. The molecule has 0 bridgehead atoms. The van der Waals surface area contributed by atoms with Gasteiger partial charge in [-0.2, -0.15) is 0 Å². The van der Waals surface area contributed by atoms with Gasteiger partial charge < -0.3 is 9.80 Å². The zero-order chi connectivity index (χ0) is 9.97. The van der Waals surface area contributed by atoms with Gasteiger partial charge in [-0.05, 0) is 26.0 Å². The van der Waals surface area contributed by atoms with Gasteiger partial charge in [-0.3, -0.25) is 0 Å². The highest BCUT2D eigenvalue weighted by atomic mass is 15.2. The van der Waals surface area contributed by atoms with Gasteiger partial charge in [0.1, 0.15) is 0 Å². The molecule has 0 amide bonds. The lowest BCUT2D eigenvalue weighted by atomic mass is 10.2. The number of benzene rings is 1. The van der Waals surface area contributed by atoms with Crippen molar-refractivity contribution >= 4 is 11.4 Å². The average Bonchev–Trinajstić information content (AvgIpc) is 2.27. The Morgan fingerprint density at radius 2 is 1.29 bits per heavy atom. The van der Waals surface area contributed by atoms with Crippen LogP contribution in [0.1, 0.15) is 13.8 Å². The molecule has 14 heavy (non-hydrogen) atoms. The van der Waals surface area contributed by atoms with Crippen molar-refractivity contribution in [3.8, 4) is 0 Å². The maximum absolute atomic E-state index is 2.27. The molecule has 0 saturated heterocycles. The Labute approximate surface area is 85.4 Å². The highest BCUT2D eigenvalue weighted by Crippen LogP contribution is 2.32. The van der Waals surface area contributed by atoms with Crippen molar-refractivity contribution < 1.29 is 0 Å². The molecule has 0 spiro atoms. The monoisotopic (exact) mass is 188 g/mol. The van der Waals surface area contributed by atoms with Crippen LogP contribution in [0.25, 0.3) is 0 Å². The summed E-state index contributed by atoms with van der Waals surface area (Å²) in [7, 11) is 0. The zero-order valence-corrected chi connectivity index (χ0v) is 8.77. The van der Waals surface area contributed by atoms with Gasteiger partial charge in [0.05, 0.1) is 11.4 Å². The molecule has 1 aromatic carbocycles. The predicted octanol–water partition coefficient (Wildman–Crippen LogP) is 2.82. The number of hydrogen-bond acceptors (Lipinski definition) is 2. The van der Waals surface area contributed by atoms with Crippen LogP contribution in [0.4, 0.5) is 11.4 Å². The SMILES string of the molecule is CCN1C=CN(CC)c2ccccc21. The second kappa shape index (κ2) is 3.74. The largest absolute Gasteiger partial charge is 0.345 e. The quantitative estimate of drug-likeness (QED) is 0.704. The number of para-hydroxylation sites is 2. The van der Waals surface area contributed by atoms with Crippen molar-refractivity contribution in [2.45, 2.75) is 13.8 Å². The highest BCUT2D eigenvalue weighted by molar-refractivity contribution is 5.75. The first-order valence-corrected chi connectivity index (χ1v) is 5.17. The van der Waals surface area contributed by atoms with Crippen LogP contribution in [0.3, 0.4) is 0 Å². The van der Waals surface area contributed by atoms with E-state index in [0.29, 0.717) is 0 Å². The van der Waals surface area contributed by atoms with Gasteiger partial charge in [-0.1, -0.05) is 12.1 Å². The number of nitrogens with zero attached hydrogens (tertiary/aromatic N) is 2. The Morgan fingerprint density at radius 3 is 1.64 bits per heavy atom. The summed E-state index contributed by atoms with van der Waals surface area (Å²) in [5, 5.41) is 0. The van der Waals surface area contributed by atoms with Gasteiger partial charge in [-0.25, -0.2) is 0 Å². The third-order valence-electron chi connectivity index (χ3n) is 2.61. The molecule has 0 radical (unpaired) electrons. The van der Waals surface area contributed by atoms with Gasteiger partial charge in [0.15, 0.2) is 0 Å².